The van der Waals surface area contributed by atoms with E-state index in [0.717, 1.165) is 36.1 Å². The van der Waals surface area contributed by atoms with E-state index in [1.54, 1.807) is 12.1 Å². The van der Waals surface area contributed by atoms with Crippen molar-refractivity contribution in [1.82, 2.24) is 9.80 Å². The molecule has 2 fully saturated rings. The molecule has 2 saturated heterocycles. The summed E-state index contributed by atoms with van der Waals surface area (Å²) in [6.45, 7) is 2.58. The number of aliphatic hydroxyl groups excluding tert-OH is 1. The predicted octanol–water partition coefficient (Wildman–Crippen LogP) is 4.49. The standard InChI is InChI=1S/C31H33F2N3O3/c32-26-7-4-8-27(33)25(26)19-29(38)34-24-11-9-22(10-12-24)23-13-16-35(17-14-23)31(39)30-28(37)15-18-36(30)20-21-5-2-1-3-6-21/h1-12,23,28,30,37H,13-20H2,(H,34,38)/t28-,30-/m0/s1. The van der Waals surface area contributed by atoms with E-state index >= 15 is 0 Å². The van der Waals surface area contributed by atoms with Crippen LogP contribution in [0.4, 0.5) is 14.5 Å². The van der Waals surface area contributed by atoms with Crippen molar-refractivity contribution < 1.29 is 23.5 Å². The average molecular weight is 534 g/mol. The van der Waals surface area contributed by atoms with Crippen LogP contribution in [0.3, 0.4) is 0 Å². The Morgan fingerprint density at radius 1 is 0.846 bits per heavy atom. The summed E-state index contributed by atoms with van der Waals surface area (Å²) in [5.74, 6) is -1.69. The second-order valence-electron chi connectivity index (χ2n) is 10.4. The van der Waals surface area contributed by atoms with Gasteiger partial charge in [-0.3, -0.25) is 14.5 Å². The molecule has 2 N–H and O–H groups in total. The largest absolute Gasteiger partial charge is 0.391 e. The lowest BCUT2D eigenvalue weighted by atomic mass is 9.89. The minimum absolute atomic E-state index is 0.00118. The molecule has 0 radical (unpaired) electrons. The van der Waals surface area contributed by atoms with Crippen molar-refractivity contribution in [3.8, 4) is 0 Å². The van der Waals surface area contributed by atoms with Crippen LogP contribution >= 0.6 is 0 Å². The third kappa shape index (κ3) is 6.34. The molecular weight excluding hydrogens is 500 g/mol. The number of piperidine rings is 1. The monoisotopic (exact) mass is 533 g/mol. The van der Waals surface area contributed by atoms with E-state index in [9.17, 15) is 23.5 Å². The quantitative estimate of drug-likeness (QED) is 0.470. The highest BCUT2D eigenvalue weighted by Gasteiger charge is 2.41. The van der Waals surface area contributed by atoms with Crippen LogP contribution in [0.5, 0.6) is 0 Å². The zero-order valence-electron chi connectivity index (χ0n) is 21.7. The Bertz CT molecular complexity index is 1270. The molecule has 0 aliphatic carbocycles. The van der Waals surface area contributed by atoms with E-state index < -0.39 is 29.7 Å². The molecule has 2 heterocycles. The van der Waals surface area contributed by atoms with Gasteiger partial charge in [0, 0.05) is 37.4 Å². The summed E-state index contributed by atoms with van der Waals surface area (Å²) >= 11 is 0. The lowest BCUT2D eigenvalue weighted by Gasteiger charge is -2.36. The molecular formula is C31H33F2N3O3. The molecule has 6 nitrogen and oxygen atoms in total. The Hall–Kier alpha value is -3.62. The normalized spacial score (nSPS) is 20.2. The van der Waals surface area contributed by atoms with Gasteiger partial charge in [-0.15, -0.1) is 0 Å². The number of hydrogen-bond acceptors (Lipinski definition) is 4. The van der Waals surface area contributed by atoms with Crippen LogP contribution in [-0.4, -0.2) is 58.5 Å². The number of carbonyl (C=O) groups is 2. The summed E-state index contributed by atoms with van der Waals surface area (Å²) in [4.78, 5) is 29.7. The highest BCUT2D eigenvalue weighted by Crippen LogP contribution is 2.31. The van der Waals surface area contributed by atoms with Gasteiger partial charge in [0.05, 0.1) is 12.5 Å². The number of nitrogens with one attached hydrogen (secondary N) is 1. The van der Waals surface area contributed by atoms with Gasteiger partial charge in [0.2, 0.25) is 11.8 Å². The average Bonchev–Trinajstić information content (AvgIpc) is 3.31. The molecule has 2 atom stereocenters. The van der Waals surface area contributed by atoms with Crippen LogP contribution in [0.1, 0.15) is 41.9 Å². The Morgan fingerprint density at radius 3 is 2.18 bits per heavy atom. The summed E-state index contributed by atoms with van der Waals surface area (Å²) in [5.41, 5.74) is 2.55. The van der Waals surface area contributed by atoms with Gasteiger partial charge in [-0.2, -0.15) is 0 Å². The maximum Gasteiger partial charge on any atom is 0.242 e. The van der Waals surface area contributed by atoms with Crippen LogP contribution in [-0.2, 0) is 22.6 Å². The number of hydrogen-bond donors (Lipinski definition) is 2. The SMILES string of the molecule is O=C(Cc1c(F)cccc1F)Nc1ccc(C2CCN(C(=O)[C@@H]3[C@@H](O)CCN3Cc3ccccc3)CC2)cc1. The Labute approximate surface area is 227 Å². The number of aliphatic hydroxyl groups is 1. The number of amides is 2. The minimum Gasteiger partial charge on any atom is -0.391 e. The first-order chi connectivity index (χ1) is 18.9. The molecule has 0 spiro atoms. The van der Waals surface area contributed by atoms with Gasteiger partial charge in [0.1, 0.15) is 17.7 Å². The zero-order valence-corrected chi connectivity index (χ0v) is 21.7. The molecule has 204 valence electrons. The fraction of sp³-hybridized carbons (Fsp3) is 0.355. The fourth-order valence-electron chi connectivity index (χ4n) is 5.68. The smallest absolute Gasteiger partial charge is 0.242 e. The second-order valence-corrected chi connectivity index (χ2v) is 10.4. The predicted molar refractivity (Wildman–Crippen MR) is 145 cm³/mol. The first-order valence-electron chi connectivity index (χ1n) is 13.5. The first kappa shape index (κ1) is 27.0. The van der Waals surface area contributed by atoms with Crippen molar-refractivity contribution >= 4 is 17.5 Å². The van der Waals surface area contributed by atoms with Crippen molar-refractivity contribution in [2.75, 3.05) is 25.0 Å². The molecule has 0 unspecified atom stereocenters. The van der Waals surface area contributed by atoms with Gasteiger partial charge < -0.3 is 15.3 Å². The Balaban J connectivity index is 1.14. The van der Waals surface area contributed by atoms with Crippen LogP contribution < -0.4 is 5.32 Å². The molecule has 3 aromatic carbocycles. The van der Waals surface area contributed by atoms with E-state index in [-0.39, 0.29) is 23.8 Å². The number of halogens is 2. The van der Waals surface area contributed by atoms with Gasteiger partial charge in [-0.05, 0) is 60.6 Å². The molecule has 0 saturated carbocycles. The molecule has 0 bridgehead atoms. The van der Waals surface area contributed by atoms with Crippen molar-refractivity contribution in [1.29, 1.82) is 0 Å². The maximum absolute atomic E-state index is 13.8. The van der Waals surface area contributed by atoms with Gasteiger partial charge in [0.25, 0.3) is 0 Å². The van der Waals surface area contributed by atoms with Crippen LogP contribution in [0.25, 0.3) is 0 Å². The molecule has 39 heavy (non-hydrogen) atoms. The topological polar surface area (TPSA) is 72.9 Å². The van der Waals surface area contributed by atoms with Crippen molar-refractivity contribution in [3.63, 3.8) is 0 Å². The van der Waals surface area contributed by atoms with Gasteiger partial charge in [0.15, 0.2) is 0 Å². The van der Waals surface area contributed by atoms with E-state index in [4.69, 9.17) is 0 Å². The molecule has 2 amide bonds. The van der Waals surface area contributed by atoms with Crippen LogP contribution in [0.15, 0.2) is 72.8 Å². The maximum atomic E-state index is 13.8. The highest BCUT2D eigenvalue weighted by atomic mass is 19.1. The summed E-state index contributed by atoms with van der Waals surface area (Å²) in [6.07, 6.45) is 1.18. The minimum atomic E-state index is -0.739. The molecule has 3 aromatic rings. The summed E-state index contributed by atoms with van der Waals surface area (Å²) < 4.78 is 27.7. The van der Waals surface area contributed by atoms with Gasteiger partial charge >= 0.3 is 0 Å². The van der Waals surface area contributed by atoms with E-state index in [0.29, 0.717) is 38.3 Å². The van der Waals surface area contributed by atoms with Gasteiger partial charge in [-0.1, -0.05) is 48.5 Å². The Morgan fingerprint density at radius 2 is 1.51 bits per heavy atom. The number of likely N-dealkylation sites (tertiary alicyclic amines) is 2. The van der Waals surface area contributed by atoms with Crippen LogP contribution in [0.2, 0.25) is 0 Å². The third-order valence-corrected chi connectivity index (χ3v) is 7.82. The summed E-state index contributed by atoms with van der Waals surface area (Å²) in [7, 11) is 0. The number of benzene rings is 3. The Kier molecular flexibility index (Phi) is 8.33. The summed E-state index contributed by atoms with van der Waals surface area (Å²) in [5, 5.41) is 13.3. The first-order valence-corrected chi connectivity index (χ1v) is 13.5. The second kappa shape index (κ2) is 12.1. The lowest BCUT2D eigenvalue weighted by Crippen LogP contribution is -2.51. The molecule has 0 aromatic heterocycles. The van der Waals surface area contributed by atoms with Crippen molar-refractivity contribution in [2.45, 2.75) is 50.3 Å². The highest BCUT2D eigenvalue weighted by molar-refractivity contribution is 5.92. The van der Waals surface area contributed by atoms with E-state index in [2.05, 4.69) is 10.2 Å². The molecule has 2 aliphatic heterocycles. The third-order valence-electron chi connectivity index (χ3n) is 7.82. The molecule has 5 rings (SSSR count). The number of rotatable bonds is 7. The number of carbonyl (C=O) groups excluding carboxylic acids is 2. The fourth-order valence-corrected chi connectivity index (χ4v) is 5.68. The van der Waals surface area contributed by atoms with Crippen LogP contribution in [0, 0.1) is 11.6 Å². The van der Waals surface area contributed by atoms with E-state index in [1.807, 2.05) is 47.4 Å². The number of nitrogens with zero attached hydrogens (tertiary/aromatic N) is 2. The van der Waals surface area contributed by atoms with Crippen molar-refractivity contribution in [2.24, 2.45) is 0 Å². The molecule has 2 aliphatic rings. The lowest BCUT2D eigenvalue weighted by molar-refractivity contribution is -0.140. The van der Waals surface area contributed by atoms with E-state index in [1.165, 1.54) is 6.07 Å². The summed E-state index contributed by atoms with van der Waals surface area (Å²) in [6, 6.07) is 20.5. The zero-order chi connectivity index (χ0) is 27.4. The number of anilines is 1. The van der Waals surface area contributed by atoms with Gasteiger partial charge in [-0.25, -0.2) is 8.78 Å². The van der Waals surface area contributed by atoms with Crippen molar-refractivity contribution in [3.05, 3.63) is 101 Å². The molecule has 8 heteroatoms.